The molecule has 3 rings (SSSR count). The summed E-state index contributed by atoms with van der Waals surface area (Å²) in [7, 11) is 1.57. The van der Waals surface area contributed by atoms with Gasteiger partial charge in [0, 0.05) is 17.5 Å². The molecule has 118 valence electrons. The van der Waals surface area contributed by atoms with Crippen LogP contribution in [0, 0.1) is 0 Å². The van der Waals surface area contributed by atoms with Crippen molar-refractivity contribution >= 4 is 28.5 Å². The molecule has 1 aromatic heterocycles. The Hall–Kier alpha value is -1.56. The van der Waals surface area contributed by atoms with E-state index in [0.29, 0.717) is 10.6 Å². The Labute approximate surface area is 133 Å². The molecule has 22 heavy (non-hydrogen) atoms. The topological polar surface area (TPSA) is 71.7 Å². The second kappa shape index (κ2) is 6.28. The SMILES string of the molecule is CO[C@@H]1CCC[C@@H](NC(=O)c2cc3cc(Cl)ccc3o2)[C@H]1O. The van der Waals surface area contributed by atoms with Gasteiger partial charge in [-0.1, -0.05) is 11.6 Å². The molecule has 1 saturated carbocycles. The van der Waals surface area contributed by atoms with Crippen LogP contribution in [0.4, 0.5) is 0 Å². The summed E-state index contributed by atoms with van der Waals surface area (Å²) in [6.07, 6.45) is 1.47. The van der Waals surface area contributed by atoms with Crippen LogP contribution in [-0.4, -0.2) is 36.4 Å². The molecule has 0 bridgehead atoms. The van der Waals surface area contributed by atoms with Gasteiger partial charge in [-0.3, -0.25) is 4.79 Å². The summed E-state index contributed by atoms with van der Waals surface area (Å²) in [4.78, 5) is 12.3. The molecular weight excluding hydrogens is 306 g/mol. The number of carbonyl (C=O) groups excluding carboxylic acids is 1. The molecule has 1 aromatic carbocycles. The number of carbonyl (C=O) groups is 1. The van der Waals surface area contributed by atoms with Crippen molar-refractivity contribution in [3.05, 3.63) is 35.0 Å². The van der Waals surface area contributed by atoms with Crippen LogP contribution >= 0.6 is 11.6 Å². The van der Waals surface area contributed by atoms with Crippen LogP contribution in [0.3, 0.4) is 0 Å². The van der Waals surface area contributed by atoms with E-state index >= 15 is 0 Å². The average Bonchev–Trinajstić information content (AvgIpc) is 2.92. The Balaban J connectivity index is 1.75. The number of methoxy groups -OCH3 is 1. The molecule has 1 fully saturated rings. The molecular formula is C16H18ClNO4. The number of benzene rings is 1. The van der Waals surface area contributed by atoms with E-state index in [0.717, 1.165) is 24.6 Å². The first-order valence-corrected chi connectivity index (χ1v) is 7.67. The number of fused-ring (bicyclic) bond motifs is 1. The van der Waals surface area contributed by atoms with Crippen LogP contribution in [0.15, 0.2) is 28.7 Å². The Morgan fingerprint density at radius 1 is 1.41 bits per heavy atom. The Morgan fingerprint density at radius 2 is 2.23 bits per heavy atom. The molecule has 5 nitrogen and oxygen atoms in total. The predicted octanol–water partition coefficient (Wildman–Crippen LogP) is 2.74. The molecule has 2 aromatic rings. The monoisotopic (exact) mass is 323 g/mol. The Morgan fingerprint density at radius 3 is 3.00 bits per heavy atom. The van der Waals surface area contributed by atoms with E-state index < -0.39 is 6.10 Å². The van der Waals surface area contributed by atoms with E-state index in [1.807, 2.05) is 0 Å². The number of hydrogen-bond acceptors (Lipinski definition) is 4. The Kier molecular flexibility index (Phi) is 4.38. The molecule has 1 aliphatic carbocycles. The average molecular weight is 324 g/mol. The lowest BCUT2D eigenvalue weighted by atomic mass is 9.90. The van der Waals surface area contributed by atoms with Crippen molar-refractivity contribution in [1.29, 1.82) is 0 Å². The summed E-state index contributed by atoms with van der Waals surface area (Å²) in [6, 6.07) is 6.50. The van der Waals surface area contributed by atoms with E-state index in [9.17, 15) is 9.90 Å². The fraction of sp³-hybridized carbons (Fsp3) is 0.438. The molecule has 6 heteroatoms. The van der Waals surface area contributed by atoms with Crippen molar-refractivity contribution in [2.75, 3.05) is 7.11 Å². The highest BCUT2D eigenvalue weighted by molar-refractivity contribution is 6.31. The molecule has 0 spiro atoms. The van der Waals surface area contributed by atoms with Gasteiger partial charge in [0.05, 0.1) is 12.1 Å². The summed E-state index contributed by atoms with van der Waals surface area (Å²) >= 11 is 5.93. The number of ether oxygens (including phenoxy) is 1. The first kappa shape index (κ1) is 15.3. The van der Waals surface area contributed by atoms with Crippen molar-refractivity contribution in [3.8, 4) is 0 Å². The third kappa shape index (κ3) is 2.97. The third-order valence-electron chi connectivity index (χ3n) is 4.12. The van der Waals surface area contributed by atoms with E-state index in [4.69, 9.17) is 20.8 Å². The van der Waals surface area contributed by atoms with Crippen LogP contribution < -0.4 is 5.32 Å². The van der Waals surface area contributed by atoms with Gasteiger partial charge in [0.15, 0.2) is 5.76 Å². The number of aliphatic hydroxyl groups excluding tert-OH is 1. The number of halogens is 1. The lowest BCUT2D eigenvalue weighted by Gasteiger charge is -2.34. The van der Waals surface area contributed by atoms with Crippen LogP contribution in [-0.2, 0) is 4.74 Å². The largest absolute Gasteiger partial charge is 0.451 e. The van der Waals surface area contributed by atoms with Gasteiger partial charge in [0.25, 0.3) is 5.91 Å². The van der Waals surface area contributed by atoms with E-state index in [1.165, 1.54) is 0 Å². The number of aliphatic hydroxyl groups is 1. The number of amides is 1. The molecule has 2 N–H and O–H groups in total. The highest BCUT2D eigenvalue weighted by Gasteiger charge is 2.33. The predicted molar refractivity (Wildman–Crippen MR) is 83.1 cm³/mol. The first-order chi connectivity index (χ1) is 10.6. The van der Waals surface area contributed by atoms with E-state index in [2.05, 4.69) is 5.32 Å². The van der Waals surface area contributed by atoms with Crippen molar-refractivity contribution < 1.29 is 19.1 Å². The van der Waals surface area contributed by atoms with Crippen molar-refractivity contribution in [1.82, 2.24) is 5.32 Å². The molecule has 0 aliphatic heterocycles. The fourth-order valence-electron chi connectivity index (χ4n) is 2.92. The summed E-state index contributed by atoms with van der Waals surface area (Å²) in [5.74, 6) is -0.128. The third-order valence-corrected chi connectivity index (χ3v) is 4.35. The van der Waals surface area contributed by atoms with Crippen LogP contribution in [0.1, 0.15) is 29.8 Å². The van der Waals surface area contributed by atoms with Gasteiger partial charge >= 0.3 is 0 Å². The number of nitrogens with one attached hydrogen (secondary N) is 1. The minimum absolute atomic E-state index is 0.212. The second-order valence-electron chi connectivity index (χ2n) is 5.57. The van der Waals surface area contributed by atoms with Gasteiger partial charge < -0.3 is 19.6 Å². The van der Waals surface area contributed by atoms with Crippen molar-refractivity contribution in [3.63, 3.8) is 0 Å². The maximum atomic E-state index is 12.3. The van der Waals surface area contributed by atoms with Gasteiger partial charge in [-0.2, -0.15) is 0 Å². The normalized spacial score (nSPS) is 25.3. The van der Waals surface area contributed by atoms with Crippen LogP contribution in [0.5, 0.6) is 0 Å². The summed E-state index contributed by atoms with van der Waals surface area (Å²) in [6.45, 7) is 0. The quantitative estimate of drug-likeness (QED) is 0.911. The van der Waals surface area contributed by atoms with Crippen LogP contribution in [0.25, 0.3) is 11.0 Å². The summed E-state index contributed by atoms with van der Waals surface area (Å²) < 4.78 is 10.8. The minimum atomic E-state index is -0.707. The maximum absolute atomic E-state index is 12.3. The van der Waals surface area contributed by atoms with Gasteiger partial charge in [-0.15, -0.1) is 0 Å². The van der Waals surface area contributed by atoms with Crippen molar-refractivity contribution in [2.24, 2.45) is 0 Å². The number of furan rings is 1. The Bertz CT molecular complexity index is 684. The summed E-state index contributed by atoms with van der Waals surface area (Å²) in [5.41, 5.74) is 0.605. The molecule has 3 atom stereocenters. The maximum Gasteiger partial charge on any atom is 0.287 e. The van der Waals surface area contributed by atoms with Gasteiger partial charge in [0.2, 0.25) is 0 Å². The van der Waals surface area contributed by atoms with Crippen molar-refractivity contribution in [2.45, 2.75) is 37.5 Å². The summed E-state index contributed by atoms with van der Waals surface area (Å²) in [5, 5.41) is 14.4. The van der Waals surface area contributed by atoms with Crippen LogP contribution in [0.2, 0.25) is 5.02 Å². The first-order valence-electron chi connectivity index (χ1n) is 7.29. The fourth-order valence-corrected chi connectivity index (χ4v) is 3.10. The molecule has 0 saturated heterocycles. The smallest absolute Gasteiger partial charge is 0.287 e. The van der Waals surface area contributed by atoms with Gasteiger partial charge in [0.1, 0.15) is 11.7 Å². The number of rotatable bonds is 3. The van der Waals surface area contributed by atoms with E-state index in [1.54, 1.807) is 31.4 Å². The lowest BCUT2D eigenvalue weighted by Crippen LogP contribution is -2.51. The van der Waals surface area contributed by atoms with Gasteiger partial charge in [-0.25, -0.2) is 0 Å². The zero-order chi connectivity index (χ0) is 15.7. The highest BCUT2D eigenvalue weighted by Crippen LogP contribution is 2.25. The highest BCUT2D eigenvalue weighted by atomic mass is 35.5. The zero-order valence-corrected chi connectivity index (χ0v) is 13.0. The standard InChI is InChI=1S/C16H18ClNO4/c1-21-13-4-2-3-11(15(13)19)18-16(20)14-8-9-7-10(17)5-6-12(9)22-14/h5-8,11,13,15,19H,2-4H2,1H3,(H,18,20)/t11-,13-,15-/m1/s1. The lowest BCUT2D eigenvalue weighted by molar-refractivity contribution is -0.0514. The zero-order valence-electron chi connectivity index (χ0n) is 12.2. The molecule has 1 amide bonds. The molecule has 1 heterocycles. The number of hydrogen-bond donors (Lipinski definition) is 2. The minimum Gasteiger partial charge on any atom is -0.451 e. The molecule has 1 aliphatic rings. The van der Waals surface area contributed by atoms with Gasteiger partial charge in [-0.05, 0) is 43.5 Å². The molecule has 0 unspecified atom stereocenters. The van der Waals surface area contributed by atoms with E-state index in [-0.39, 0.29) is 23.8 Å². The molecule has 0 radical (unpaired) electrons. The second-order valence-corrected chi connectivity index (χ2v) is 6.00.